The third kappa shape index (κ3) is 2.66. The number of rotatable bonds is 4. The molecular weight excluding hydrogens is 250 g/mol. The van der Waals surface area contributed by atoms with E-state index in [0.29, 0.717) is 29.0 Å². The molecule has 2 aromatic rings. The van der Waals surface area contributed by atoms with E-state index in [0.717, 1.165) is 0 Å². The molecule has 20 heavy (non-hydrogen) atoms. The molecule has 3 nitrogen and oxygen atoms in total. The highest BCUT2D eigenvalue weighted by molar-refractivity contribution is 5.46. The summed E-state index contributed by atoms with van der Waals surface area (Å²) < 4.78 is 5.58. The van der Waals surface area contributed by atoms with Crippen LogP contribution in [0.1, 0.15) is 30.5 Å². The van der Waals surface area contributed by atoms with Crippen molar-refractivity contribution in [3.8, 4) is 11.8 Å². The van der Waals surface area contributed by atoms with Crippen LogP contribution in [0, 0.1) is 11.3 Å². The highest BCUT2D eigenvalue weighted by Gasteiger charge is 2.29. The molecule has 0 saturated carbocycles. The van der Waals surface area contributed by atoms with Gasteiger partial charge in [-0.05, 0) is 37.6 Å². The maximum absolute atomic E-state index is 10.9. The van der Waals surface area contributed by atoms with Gasteiger partial charge < -0.3 is 9.84 Å². The lowest BCUT2D eigenvalue weighted by atomic mass is 9.87. The molecule has 0 saturated heterocycles. The van der Waals surface area contributed by atoms with E-state index in [1.54, 1.807) is 25.1 Å². The molecule has 1 N–H and O–H groups in total. The predicted molar refractivity (Wildman–Crippen MR) is 77.4 cm³/mol. The second kappa shape index (κ2) is 5.77. The van der Waals surface area contributed by atoms with Crippen LogP contribution in [0.15, 0.2) is 48.5 Å². The van der Waals surface area contributed by atoms with Gasteiger partial charge in [-0.1, -0.05) is 30.3 Å². The number of hydrogen-bond donors (Lipinski definition) is 1. The lowest BCUT2D eigenvalue weighted by Crippen LogP contribution is -2.24. The fourth-order valence-electron chi connectivity index (χ4n) is 2.20. The smallest absolute Gasteiger partial charge is 0.125 e. The van der Waals surface area contributed by atoms with Crippen LogP contribution < -0.4 is 4.74 Å². The first-order valence-electron chi connectivity index (χ1n) is 6.55. The number of nitrogens with zero attached hydrogens (tertiary/aromatic N) is 1. The van der Waals surface area contributed by atoms with Gasteiger partial charge in [0, 0.05) is 5.56 Å². The van der Waals surface area contributed by atoms with E-state index in [-0.39, 0.29) is 0 Å². The van der Waals surface area contributed by atoms with Crippen molar-refractivity contribution in [2.45, 2.75) is 19.4 Å². The molecule has 0 amide bonds. The Morgan fingerprint density at radius 3 is 2.65 bits per heavy atom. The SMILES string of the molecule is CCOc1ccccc1C(C)(O)c1cccc(C#N)c1. The molecule has 0 aliphatic rings. The van der Waals surface area contributed by atoms with Gasteiger partial charge in [0.2, 0.25) is 0 Å². The van der Waals surface area contributed by atoms with Crippen molar-refractivity contribution in [2.75, 3.05) is 6.61 Å². The van der Waals surface area contributed by atoms with Gasteiger partial charge in [-0.15, -0.1) is 0 Å². The van der Waals surface area contributed by atoms with Crippen molar-refractivity contribution < 1.29 is 9.84 Å². The number of benzene rings is 2. The summed E-state index contributed by atoms with van der Waals surface area (Å²) in [5.74, 6) is 0.655. The maximum Gasteiger partial charge on any atom is 0.125 e. The maximum atomic E-state index is 10.9. The molecule has 0 spiro atoms. The molecule has 0 aliphatic heterocycles. The molecule has 0 radical (unpaired) electrons. The zero-order valence-corrected chi connectivity index (χ0v) is 11.6. The topological polar surface area (TPSA) is 53.2 Å². The van der Waals surface area contributed by atoms with Gasteiger partial charge >= 0.3 is 0 Å². The van der Waals surface area contributed by atoms with Crippen molar-refractivity contribution in [1.29, 1.82) is 5.26 Å². The van der Waals surface area contributed by atoms with Gasteiger partial charge in [0.25, 0.3) is 0 Å². The molecule has 0 fully saturated rings. The zero-order chi connectivity index (χ0) is 14.6. The molecule has 2 aromatic carbocycles. The standard InChI is InChI=1S/C17H17NO2/c1-3-20-16-10-5-4-9-15(16)17(2,19)14-8-6-7-13(11-14)12-18/h4-11,19H,3H2,1-2H3. The van der Waals surface area contributed by atoms with E-state index in [1.807, 2.05) is 37.3 Å². The normalized spacial score (nSPS) is 13.3. The Bertz CT molecular complexity index is 641. The van der Waals surface area contributed by atoms with E-state index in [2.05, 4.69) is 6.07 Å². The highest BCUT2D eigenvalue weighted by atomic mass is 16.5. The largest absolute Gasteiger partial charge is 0.493 e. The summed E-state index contributed by atoms with van der Waals surface area (Å²) in [4.78, 5) is 0. The lowest BCUT2D eigenvalue weighted by Gasteiger charge is -2.26. The van der Waals surface area contributed by atoms with Crippen LogP contribution in [-0.4, -0.2) is 11.7 Å². The zero-order valence-electron chi connectivity index (χ0n) is 11.6. The minimum Gasteiger partial charge on any atom is -0.493 e. The van der Waals surface area contributed by atoms with Gasteiger partial charge in [0.1, 0.15) is 11.4 Å². The van der Waals surface area contributed by atoms with E-state index in [1.165, 1.54) is 0 Å². The quantitative estimate of drug-likeness (QED) is 0.925. The van der Waals surface area contributed by atoms with Crippen LogP contribution in [0.3, 0.4) is 0 Å². The van der Waals surface area contributed by atoms with E-state index in [9.17, 15) is 5.11 Å². The van der Waals surface area contributed by atoms with Gasteiger partial charge in [0.15, 0.2) is 0 Å². The first-order valence-corrected chi connectivity index (χ1v) is 6.55. The summed E-state index contributed by atoms with van der Waals surface area (Å²) in [7, 11) is 0. The first-order chi connectivity index (χ1) is 9.59. The number of nitriles is 1. The number of hydrogen-bond acceptors (Lipinski definition) is 3. The van der Waals surface area contributed by atoms with E-state index >= 15 is 0 Å². The summed E-state index contributed by atoms with van der Waals surface area (Å²) in [6, 6.07) is 16.5. The van der Waals surface area contributed by atoms with Crippen LogP contribution in [0.5, 0.6) is 5.75 Å². The fraction of sp³-hybridized carbons (Fsp3) is 0.235. The summed E-state index contributed by atoms with van der Waals surface area (Å²) in [6.07, 6.45) is 0. The Hall–Kier alpha value is -2.31. The van der Waals surface area contributed by atoms with E-state index < -0.39 is 5.60 Å². The second-order valence-corrected chi connectivity index (χ2v) is 4.69. The summed E-state index contributed by atoms with van der Waals surface area (Å²) in [5.41, 5.74) is 0.677. The van der Waals surface area contributed by atoms with Crippen LogP contribution >= 0.6 is 0 Å². The summed E-state index contributed by atoms with van der Waals surface area (Å²) >= 11 is 0. The van der Waals surface area contributed by atoms with Crippen LogP contribution in [0.25, 0.3) is 0 Å². The molecule has 0 aliphatic carbocycles. The molecule has 0 heterocycles. The Balaban J connectivity index is 2.51. The average molecular weight is 267 g/mol. The highest BCUT2D eigenvalue weighted by Crippen LogP contribution is 2.35. The molecule has 102 valence electrons. The minimum absolute atomic E-state index is 0.525. The Morgan fingerprint density at radius 2 is 1.95 bits per heavy atom. The predicted octanol–water partition coefficient (Wildman–Crippen LogP) is 3.21. The van der Waals surface area contributed by atoms with Gasteiger partial charge in [-0.2, -0.15) is 5.26 Å². The van der Waals surface area contributed by atoms with Gasteiger partial charge in [-0.3, -0.25) is 0 Å². The Labute approximate surface area is 119 Å². The van der Waals surface area contributed by atoms with Gasteiger partial charge in [-0.25, -0.2) is 0 Å². The molecule has 1 unspecified atom stereocenters. The van der Waals surface area contributed by atoms with Gasteiger partial charge in [0.05, 0.1) is 18.2 Å². The van der Waals surface area contributed by atoms with E-state index in [4.69, 9.17) is 10.00 Å². The first kappa shape index (κ1) is 14.1. The van der Waals surface area contributed by atoms with Crippen molar-refractivity contribution in [2.24, 2.45) is 0 Å². The Morgan fingerprint density at radius 1 is 1.20 bits per heavy atom. The van der Waals surface area contributed by atoms with Crippen LogP contribution in [-0.2, 0) is 5.60 Å². The number of ether oxygens (including phenoxy) is 1. The third-order valence-corrected chi connectivity index (χ3v) is 3.27. The van der Waals surface area contributed by atoms with Crippen LogP contribution in [0.4, 0.5) is 0 Å². The summed E-state index contributed by atoms with van der Waals surface area (Å²) in [6.45, 7) is 4.15. The van der Waals surface area contributed by atoms with Crippen molar-refractivity contribution in [3.05, 3.63) is 65.2 Å². The Kier molecular flexibility index (Phi) is 4.07. The van der Waals surface area contributed by atoms with Crippen molar-refractivity contribution in [3.63, 3.8) is 0 Å². The second-order valence-electron chi connectivity index (χ2n) is 4.69. The summed E-state index contributed by atoms with van der Waals surface area (Å²) in [5, 5.41) is 19.9. The molecule has 0 bridgehead atoms. The molecule has 2 rings (SSSR count). The van der Waals surface area contributed by atoms with Crippen molar-refractivity contribution >= 4 is 0 Å². The minimum atomic E-state index is -1.21. The fourth-order valence-corrected chi connectivity index (χ4v) is 2.20. The molecule has 0 aromatic heterocycles. The number of para-hydroxylation sites is 1. The molecular formula is C17H17NO2. The van der Waals surface area contributed by atoms with Crippen molar-refractivity contribution in [1.82, 2.24) is 0 Å². The lowest BCUT2D eigenvalue weighted by molar-refractivity contribution is 0.0981. The average Bonchev–Trinajstić information content (AvgIpc) is 2.48. The monoisotopic (exact) mass is 267 g/mol. The van der Waals surface area contributed by atoms with Crippen LogP contribution in [0.2, 0.25) is 0 Å². The molecule has 1 atom stereocenters. The number of aliphatic hydroxyl groups is 1. The third-order valence-electron chi connectivity index (χ3n) is 3.27. The molecule has 3 heteroatoms.